The van der Waals surface area contributed by atoms with Crippen molar-refractivity contribution in [1.29, 1.82) is 0 Å². The van der Waals surface area contributed by atoms with Gasteiger partial charge < -0.3 is 19.4 Å². The third kappa shape index (κ3) is 4.42. The number of nitrogens with zero attached hydrogens (tertiary/aromatic N) is 1. The number of carbonyl (C=O) groups excluding carboxylic acids is 2. The van der Waals surface area contributed by atoms with E-state index in [0.29, 0.717) is 6.32 Å². The average molecular weight is 362 g/mol. The maximum atomic E-state index is 12.4. The van der Waals surface area contributed by atoms with Gasteiger partial charge in [-0.25, -0.2) is 4.79 Å². The summed E-state index contributed by atoms with van der Waals surface area (Å²) in [6.45, 7) is 9.73. The molecule has 1 aliphatic rings. The molecule has 1 aromatic rings. The number of aromatic nitrogens is 1. The zero-order chi connectivity index (χ0) is 19.5. The second-order valence-corrected chi connectivity index (χ2v) is 7.59. The van der Waals surface area contributed by atoms with Crippen LogP contribution in [0, 0.1) is 5.92 Å². The molecule has 1 amide bonds. The molecule has 142 valence electrons. The van der Waals surface area contributed by atoms with Gasteiger partial charge in [0.2, 0.25) is 0 Å². The number of amides is 1. The summed E-state index contributed by atoms with van der Waals surface area (Å²) < 4.78 is 16.8. The van der Waals surface area contributed by atoms with E-state index in [1.54, 1.807) is 18.2 Å². The molecule has 2 heterocycles. The van der Waals surface area contributed by atoms with E-state index in [4.69, 9.17) is 14.0 Å². The summed E-state index contributed by atoms with van der Waals surface area (Å²) in [6.07, 6.45) is 1.96. The van der Waals surface area contributed by atoms with Crippen molar-refractivity contribution in [3.8, 4) is 0 Å². The fourth-order valence-electron chi connectivity index (χ4n) is 2.77. The fraction of sp³-hybridized carbons (Fsp3) is 0.611. The Hall–Kier alpha value is -1.93. The van der Waals surface area contributed by atoms with Gasteiger partial charge in [-0.3, -0.25) is 9.78 Å². The molecule has 8 heteroatoms. The molecule has 1 fully saturated rings. The summed E-state index contributed by atoms with van der Waals surface area (Å²) in [7, 11) is 0.831. The lowest BCUT2D eigenvalue weighted by atomic mass is 9.75. The fourth-order valence-corrected chi connectivity index (χ4v) is 2.77. The smallest absolute Gasteiger partial charge is 0.458 e. The molecule has 1 unspecified atom stereocenters. The topological polar surface area (TPSA) is 86.8 Å². The van der Waals surface area contributed by atoms with Crippen molar-refractivity contribution in [2.45, 2.75) is 58.2 Å². The van der Waals surface area contributed by atoms with Gasteiger partial charge in [-0.05, 0) is 52.1 Å². The minimum absolute atomic E-state index is 0.240. The predicted molar refractivity (Wildman–Crippen MR) is 97.6 cm³/mol. The summed E-state index contributed by atoms with van der Waals surface area (Å²) in [5.41, 5.74) is -0.658. The van der Waals surface area contributed by atoms with Crippen LogP contribution >= 0.6 is 0 Å². The van der Waals surface area contributed by atoms with Crippen molar-refractivity contribution in [1.82, 2.24) is 10.3 Å². The molecular weight excluding hydrogens is 335 g/mol. The first-order valence-electron chi connectivity index (χ1n) is 8.73. The number of rotatable bonds is 6. The maximum absolute atomic E-state index is 12.4. The molecule has 0 saturated carbocycles. The summed E-state index contributed by atoms with van der Waals surface area (Å²) in [4.78, 5) is 28.6. The lowest BCUT2D eigenvalue weighted by molar-refractivity contribution is -0.144. The third-order valence-electron chi connectivity index (χ3n) is 5.07. The molecule has 0 aromatic carbocycles. The molecule has 1 aliphatic heterocycles. The van der Waals surface area contributed by atoms with Crippen LogP contribution in [0.25, 0.3) is 0 Å². The number of nitrogens with one attached hydrogen (secondary N) is 1. The van der Waals surface area contributed by atoms with Crippen molar-refractivity contribution in [2.75, 3.05) is 7.11 Å². The number of ether oxygens (including phenoxy) is 1. The number of carbonyl (C=O) groups is 2. The zero-order valence-electron chi connectivity index (χ0n) is 16.2. The second kappa shape index (κ2) is 7.76. The number of methoxy groups -OCH3 is 1. The van der Waals surface area contributed by atoms with Crippen LogP contribution in [0.2, 0.25) is 6.32 Å². The lowest BCUT2D eigenvalue weighted by Crippen LogP contribution is -2.47. The minimum atomic E-state index is -0.825. The highest BCUT2D eigenvalue weighted by Gasteiger charge is 2.51. The highest BCUT2D eigenvalue weighted by atomic mass is 16.7. The first-order valence-corrected chi connectivity index (χ1v) is 8.73. The Morgan fingerprint density at radius 1 is 1.23 bits per heavy atom. The van der Waals surface area contributed by atoms with Crippen LogP contribution < -0.4 is 5.32 Å². The van der Waals surface area contributed by atoms with Gasteiger partial charge in [0.1, 0.15) is 11.7 Å². The standard InChI is InChI=1S/C18H27BN2O5/c1-12(11-19-25-17(2,3)18(4,5)26-19)14(16(23)24-6)21-15(22)13-9-7-8-10-20-13/h7-10,12,14H,11H2,1-6H3,(H,21,22)/t12?,14-/m0/s1. The van der Waals surface area contributed by atoms with E-state index < -0.39 is 36.2 Å². The molecule has 2 atom stereocenters. The van der Waals surface area contributed by atoms with E-state index in [9.17, 15) is 9.59 Å². The average Bonchev–Trinajstić information content (AvgIpc) is 2.78. The Morgan fingerprint density at radius 2 is 1.85 bits per heavy atom. The number of pyridine rings is 1. The predicted octanol–water partition coefficient (Wildman–Crippen LogP) is 2.08. The van der Waals surface area contributed by atoms with Crippen LogP contribution in [0.3, 0.4) is 0 Å². The highest BCUT2D eigenvalue weighted by Crippen LogP contribution is 2.38. The van der Waals surface area contributed by atoms with E-state index in [0.717, 1.165) is 0 Å². The van der Waals surface area contributed by atoms with Gasteiger partial charge in [-0.2, -0.15) is 0 Å². The molecule has 1 saturated heterocycles. The molecule has 0 spiro atoms. The van der Waals surface area contributed by atoms with E-state index in [2.05, 4.69) is 10.3 Å². The Labute approximate surface area is 154 Å². The van der Waals surface area contributed by atoms with Crippen LogP contribution in [-0.4, -0.2) is 48.3 Å². The Kier molecular flexibility index (Phi) is 6.08. The largest absolute Gasteiger partial charge is 0.467 e. The van der Waals surface area contributed by atoms with E-state index in [1.165, 1.54) is 13.3 Å². The minimum Gasteiger partial charge on any atom is -0.467 e. The molecular formula is C18H27BN2O5. The first-order chi connectivity index (χ1) is 12.1. The Balaban J connectivity index is 2.07. The maximum Gasteiger partial charge on any atom is 0.458 e. The van der Waals surface area contributed by atoms with Gasteiger partial charge in [0.15, 0.2) is 0 Å². The van der Waals surface area contributed by atoms with E-state index in [1.807, 2.05) is 34.6 Å². The van der Waals surface area contributed by atoms with Crippen molar-refractivity contribution in [3.05, 3.63) is 30.1 Å². The Bertz CT molecular complexity index is 634. The summed E-state index contributed by atoms with van der Waals surface area (Å²) in [5, 5.41) is 2.71. The van der Waals surface area contributed by atoms with Gasteiger partial charge in [0, 0.05) is 6.20 Å². The molecule has 2 rings (SSSR count). The van der Waals surface area contributed by atoms with E-state index in [-0.39, 0.29) is 11.6 Å². The van der Waals surface area contributed by atoms with Gasteiger partial charge in [0.25, 0.3) is 5.91 Å². The molecule has 26 heavy (non-hydrogen) atoms. The van der Waals surface area contributed by atoms with Crippen LogP contribution in [0.4, 0.5) is 0 Å². The van der Waals surface area contributed by atoms with Crippen LogP contribution in [0.5, 0.6) is 0 Å². The molecule has 0 aliphatic carbocycles. The molecule has 1 N–H and O–H groups in total. The van der Waals surface area contributed by atoms with Crippen LogP contribution in [0.1, 0.15) is 45.1 Å². The van der Waals surface area contributed by atoms with Gasteiger partial charge in [0.05, 0.1) is 18.3 Å². The molecule has 7 nitrogen and oxygen atoms in total. The van der Waals surface area contributed by atoms with Crippen molar-refractivity contribution < 1.29 is 23.6 Å². The van der Waals surface area contributed by atoms with Crippen LogP contribution in [-0.2, 0) is 18.8 Å². The highest BCUT2D eigenvalue weighted by molar-refractivity contribution is 6.45. The molecule has 1 aromatic heterocycles. The second-order valence-electron chi connectivity index (χ2n) is 7.59. The van der Waals surface area contributed by atoms with Gasteiger partial charge in [-0.15, -0.1) is 0 Å². The summed E-state index contributed by atoms with van der Waals surface area (Å²) in [5.74, 6) is -1.20. The monoisotopic (exact) mass is 362 g/mol. The van der Waals surface area contributed by atoms with Crippen molar-refractivity contribution in [2.24, 2.45) is 5.92 Å². The molecule has 0 radical (unpaired) electrons. The quantitative estimate of drug-likeness (QED) is 0.616. The summed E-state index contributed by atoms with van der Waals surface area (Å²) >= 11 is 0. The molecule has 0 bridgehead atoms. The van der Waals surface area contributed by atoms with Gasteiger partial charge in [-0.1, -0.05) is 13.0 Å². The Morgan fingerprint density at radius 3 is 2.35 bits per heavy atom. The number of hydrogen-bond donors (Lipinski definition) is 1. The SMILES string of the molecule is COC(=O)[C@@H](NC(=O)c1ccccn1)C(C)CB1OC(C)(C)C(C)(C)O1. The van der Waals surface area contributed by atoms with Crippen molar-refractivity contribution >= 4 is 19.0 Å². The lowest BCUT2D eigenvalue weighted by Gasteiger charge is -2.32. The summed E-state index contributed by atoms with van der Waals surface area (Å²) in [6, 6.07) is 4.19. The van der Waals surface area contributed by atoms with E-state index >= 15 is 0 Å². The zero-order valence-corrected chi connectivity index (χ0v) is 16.2. The third-order valence-corrected chi connectivity index (χ3v) is 5.07. The van der Waals surface area contributed by atoms with Crippen LogP contribution in [0.15, 0.2) is 24.4 Å². The van der Waals surface area contributed by atoms with Gasteiger partial charge >= 0.3 is 13.1 Å². The number of esters is 1. The first kappa shape index (κ1) is 20.4. The number of hydrogen-bond acceptors (Lipinski definition) is 6. The normalized spacial score (nSPS) is 20.3. The van der Waals surface area contributed by atoms with Crippen molar-refractivity contribution in [3.63, 3.8) is 0 Å².